The molecular weight excluding hydrogens is 184 g/mol. The van der Waals surface area contributed by atoms with Crippen molar-refractivity contribution in [2.45, 2.75) is 40.0 Å². The van der Waals surface area contributed by atoms with Gasteiger partial charge in [-0.15, -0.1) is 0 Å². The van der Waals surface area contributed by atoms with Gasteiger partial charge in [-0.2, -0.15) is 0 Å². The Morgan fingerprint density at radius 2 is 1.64 bits per heavy atom. The van der Waals surface area contributed by atoms with E-state index in [1.807, 2.05) is 6.92 Å². The van der Waals surface area contributed by atoms with Crippen LogP contribution in [0.25, 0.3) is 0 Å². The van der Waals surface area contributed by atoms with Crippen molar-refractivity contribution in [2.75, 3.05) is 13.7 Å². The SMILES string of the molecule is CCCC(=O)OC.CCOC(=O)CC. The summed E-state index contributed by atoms with van der Waals surface area (Å²) in [6.45, 7) is 6.01. The molecule has 0 fully saturated rings. The van der Waals surface area contributed by atoms with Crippen LogP contribution in [-0.4, -0.2) is 25.7 Å². The first kappa shape index (κ1) is 15.4. The monoisotopic (exact) mass is 204 g/mol. The number of hydrogen-bond donors (Lipinski definition) is 0. The third-order valence-electron chi connectivity index (χ3n) is 1.28. The van der Waals surface area contributed by atoms with E-state index in [9.17, 15) is 9.59 Å². The molecule has 0 aliphatic heterocycles. The summed E-state index contributed by atoms with van der Waals surface area (Å²) >= 11 is 0. The second-order valence-corrected chi connectivity index (χ2v) is 2.48. The highest BCUT2D eigenvalue weighted by Gasteiger charge is 1.92. The Kier molecular flexibility index (Phi) is 13.1. The molecule has 0 aromatic rings. The van der Waals surface area contributed by atoms with Crippen molar-refractivity contribution in [3.05, 3.63) is 0 Å². The Morgan fingerprint density at radius 3 is 1.79 bits per heavy atom. The van der Waals surface area contributed by atoms with E-state index in [2.05, 4.69) is 9.47 Å². The van der Waals surface area contributed by atoms with E-state index in [0.29, 0.717) is 19.4 Å². The van der Waals surface area contributed by atoms with Crippen LogP contribution in [0, 0.1) is 0 Å². The normalized spacial score (nSPS) is 8.29. The maximum absolute atomic E-state index is 10.2. The lowest BCUT2D eigenvalue weighted by Gasteiger charge is -1.93. The van der Waals surface area contributed by atoms with Crippen molar-refractivity contribution < 1.29 is 19.1 Å². The lowest BCUT2D eigenvalue weighted by Crippen LogP contribution is -2.00. The van der Waals surface area contributed by atoms with Crippen LogP contribution in [0.4, 0.5) is 0 Å². The number of methoxy groups -OCH3 is 1. The second kappa shape index (κ2) is 11.9. The summed E-state index contributed by atoms with van der Waals surface area (Å²) in [7, 11) is 1.40. The molecule has 0 radical (unpaired) electrons. The average molecular weight is 204 g/mol. The van der Waals surface area contributed by atoms with Crippen molar-refractivity contribution in [2.24, 2.45) is 0 Å². The van der Waals surface area contributed by atoms with Gasteiger partial charge in [0.25, 0.3) is 0 Å². The molecule has 0 bridgehead atoms. The van der Waals surface area contributed by atoms with Crippen LogP contribution in [0.15, 0.2) is 0 Å². The Balaban J connectivity index is 0. The highest BCUT2D eigenvalue weighted by atomic mass is 16.5. The van der Waals surface area contributed by atoms with Gasteiger partial charge in [0.05, 0.1) is 13.7 Å². The molecule has 0 saturated heterocycles. The van der Waals surface area contributed by atoms with Crippen molar-refractivity contribution in [3.8, 4) is 0 Å². The molecule has 0 unspecified atom stereocenters. The summed E-state index contributed by atoms with van der Waals surface area (Å²) in [4.78, 5) is 20.4. The predicted octanol–water partition coefficient (Wildman–Crippen LogP) is 1.92. The first-order chi connectivity index (χ1) is 6.62. The van der Waals surface area contributed by atoms with Crippen LogP contribution in [0.3, 0.4) is 0 Å². The Morgan fingerprint density at radius 1 is 1.07 bits per heavy atom. The highest BCUT2D eigenvalue weighted by molar-refractivity contribution is 5.69. The minimum absolute atomic E-state index is 0.123. The first-order valence-electron chi connectivity index (χ1n) is 4.84. The van der Waals surface area contributed by atoms with Gasteiger partial charge >= 0.3 is 11.9 Å². The van der Waals surface area contributed by atoms with Gasteiger partial charge in [0, 0.05) is 12.8 Å². The van der Waals surface area contributed by atoms with E-state index in [4.69, 9.17) is 0 Å². The molecular formula is C10H20O4. The van der Waals surface area contributed by atoms with Gasteiger partial charge in [0.15, 0.2) is 0 Å². The summed E-state index contributed by atoms with van der Waals surface area (Å²) in [5.41, 5.74) is 0. The van der Waals surface area contributed by atoms with Crippen molar-refractivity contribution >= 4 is 11.9 Å². The van der Waals surface area contributed by atoms with Crippen LogP contribution in [0.5, 0.6) is 0 Å². The number of carbonyl (C=O) groups is 2. The number of esters is 2. The molecule has 0 spiro atoms. The molecule has 0 aromatic heterocycles. The summed E-state index contributed by atoms with van der Waals surface area (Å²) in [6.07, 6.45) is 1.89. The van der Waals surface area contributed by atoms with Crippen LogP contribution >= 0.6 is 0 Å². The predicted molar refractivity (Wildman–Crippen MR) is 53.8 cm³/mol. The maximum atomic E-state index is 10.2. The smallest absolute Gasteiger partial charge is 0.305 e. The molecule has 0 N–H and O–H groups in total. The molecule has 4 heteroatoms. The molecule has 0 heterocycles. The largest absolute Gasteiger partial charge is 0.469 e. The zero-order valence-electron chi connectivity index (χ0n) is 9.46. The molecule has 14 heavy (non-hydrogen) atoms. The minimum atomic E-state index is -0.123. The molecule has 0 atom stereocenters. The fourth-order valence-corrected chi connectivity index (χ4v) is 0.569. The van der Waals surface area contributed by atoms with Gasteiger partial charge in [-0.25, -0.2) is 0 Å². The van der Waals surface area contributed by atoms with Gasteiger partial charge in [-0.3, -0.25) is 9.59 Å². The number of carbonyl (C=O) groups excluding carboxylic acids is 2. The van der Waals surface area contributed by atoms with E-state index < -0.39 is 0 Å². The van der Waals surface area contributed by atoms with Gasteiger partial charge in [0.1, 0.15) is 0 Å². The molecule has 0 saturated carbocycles. The standard InChI is InChI=1S/2C5H10O2/c1-3-4-5(6)7-2;1-3-5(6)7-4-2/h2*3-4H2,1-2H3. The topological polar surface area (TPSA) is 52.6 Å². The average Bonchev–Trinajstić information content (AvgIpc) is 2.19. The van der Waals surface area contributed by atoms with E-state index in [1.54, 1.807) is 13.8 Å². The van der Waals surface area contributed by atoms with Crippen LogP contribution in [0.1, 0.15) is 40.0 Å². The van der Waals surface area contributed by atoms with Gasteiger partial charge in [-0.1, -0.05) is 13.8 Å². The summed E-state index contributed by atoms with van der Waals surface area (Å²) < 4.78 is 8.90. The molecule has 0 aromatic carbocycles. The van der Waals surface area contributed by atoms with Crippen LogP contribution in [-0.2, 0) is 19.1 Å². The summed E-state index contributed by atoms with van der Waals surface area (Å²) in [5.74, 6) is -0.245. The van der Waals surface area contributed by atoms with Crippen LogP contribution in [0.2, 0.25) is 0 Å². The number of ether oxygens (including phenoxy) is 2. The Bertz CT molecular complexity index is 136. The van der Waals surface area contributed by atoms with Gasteiger partial charge in [-0.05, 0) is 13.3 Å². The van der Waals surface area contributed by atoms with Crippen molar-refractivity contribution in [1.82, 2.24) is 0 Å². The second-order valence-electron chi connectivity index (χ2n) is 2.48. The molecule has 0 aliphatic carbocycles. The number of rotatable bonds is 4. The highest BCUT2D eigenvalue weighted by Crippen LogP contribution is 1.86. The molecule has 0 rings (SSSR count). The molecule has 0 amide bonds. The van der Waals surface area contributed by atoms with Gasteiger partial charge < -0.3 is 9.47 Å². The number of hydrogen-bond acceptors (Lipinski definition) is 4. The fourth-order valence-electron chi connectivity index (χ4n) is 0.569. The molecule has 84 valence electrons. The molecule has 0 aliphatic rings. The molecule has 4 nitrogen and oxygen atoms in total. The zero-order chi connectivity index (χ0) is 11.4. The van der Waals surface area contributed by atoms with Crippen molar-refractivity contribution in [1.29, 1.82) is 0 Å². The fraction of sp³-hybridized carbons (Fsp3) is 0.800. The van der Waals surface area contributed by atoms with E-state index in [1.165, 1.54) is 7.11 Å². The Labute approximate surface area is 85.6 Å². The van der Waals surface area contributed by atoms with E-state index in [0.717, 1.165) is 6.42 Å². The lowest BCUT2D eigenvalue weighted by atomic mass is 10.3. The Hall–Kier alpha value is -1.06. The third-order valence-corrected chi connectivity index (χ3v) is 1.28. The lowest BCUT2D eigenvalue weighted by molar-refractivity contribution is -0.143. The first-order valence-corrected chi connectivity index (χ1v) is 4.84. The van der Waals surface area contributed by atoms with E-state index in [-0.39, 0.29) is 11.9 Å². The summed E-state index contributed by atoms with van der Waals surface area (Å²) in [6, 6.07) is 0. The third kappa shape index (κ3) is 13.5. The van der Waals surface area contributed by atoms with Crippen LogP contribution < -0.4 is 0 Å². The zero-order valence-corrected chi connectivity index (χ0v) is 9.46. The van der Waals surface area contributed by atoms with E-state index >= 15 is 0 Å². The quantitative estimate of drug-likeness (QED) is 0.656. The van der Waals surface area contributed by atoms with Crippen molar-refractivity contribution in [3.63, 3.8) is 0 Å². The summed E-state index contributed by atoms with van der Waals surface area (Å²) in [5, 5.41) is 0. The maximum Gasteiger partial charge on any atom is 0.305 e. The van der Waals surface area contributed by atoms with Gasteiger partial charge in [0.2, 0.25) is 0 Å². The minimum Gasteiger partial charge on any atom is -0.469 e.